The van der Waals surface area contributed by atoms with Crippen LogP contribution in [-0.2, 0) is 17.8 Å². The van der Waals surface area contributed by atoms with Crippen LogP contribution in [0.5, 0.6) is 0 Å². The zero-order chi connectivity index (χ0) is 17.6. The molecule has 0 saturated heterocycles. The summed E-state index contributed by atoms with van der Waals surface area (Å²) < 4.78 is 3.66. The molecule has 4 aromatic heterocycles. The highest BCUT2D eigenvalue weighted by atomic mass is 16.3. The number of nitrogens with zero attached hydrogens (tertiary/aromatic N) is 7. The van der Waals surface area contributed by atoms with Gasteiger partial charge < -0.3 is 10.1 Å². The quantitative estimate of drug-likeness (QED) is 0.530. The Morgan fingerprint density at radius 2 is 2.20 bits per heavy atom. The van der Waals surface area contributed by atoms with E-state index in [4.69, 9.17) is 9.90 Å². The fraction of sp³-hybridized carbons (Fsp3) is 0.200. The van der Waals surface area contributed by atoms with Gasteiger partial charge in [0.2, 0.25) is 0 Å². The Bertz CT molecular complexity index is 957. The Morgan fingerprint density at radius 1 is 1.36 bits per heavy atom. The van der Waals surface area contributed by atoms with E-state index in [1.165, 1.54) is 0 Å². The third kappa shape index (κ3) is 3.52. The van der Waals surface area contributed by atoms with Crippen LogP contribution in [-0.4, -0.2) is 50.9 Å². The van der Waals surface area contributed by atoms with Crippen molar-refractivity contribution in [3.05, 3.63) is 48.6 Å². The summed E-state index contributed by atoms with van der Waals surface area (Å²) in [5, 5.41) is 15.7. The van der Waals surface area contributed by atoms with Gasteiger partial charge in [-0.05, 0) is 19.1 Å². The highest BCUT2D eigenvalue weighted by Crippen LogP contribution is 2.18. The lowest BCUT2D eigenvalue weighted by Crippen LogP contribution is -2.07. The topological polar surface area (TPSA) is 127 Å². The predicted molar refractivity (Wildman–Crippen MR) is 87.7 cm³/mol. The zero-order valence-corrected chi connectivity index (χ0v) is 13.4. The predicted octanol–water partition coefficient (Wildman–Crippen LogP) is 0.963. The van der Waals surface area contributed by atoms with Crippen LogP contribution in [0, 0.1) is 6.92 Å². The molecule has 4 aromatic rings. The number of H-pyrrole nitrogens is 1. The number of hydrogen-bond acceptors (Lipinski definition) is 6. The van der Waals surface area contributed by atoms with Gasteiger partial charge in [0.1, 0.15) is 11.5 Å². The van der Waals surface area contributed by atoms with Crippen LogP contribution < -0.4 is 0 Å². The maximum atomic E-state index is 8.36. The Kier molecular flexibility index (Phi) is 4.79. The van der Waals surface area contributed by atoms with Crippen LogP contribution in [0.2, 0.25) is 0 Å². The molecule has 0 amide bonds. The van der Waals surface area contributed by atoms with Crippen molar-refractivity contribution < 1.29 is 9.90 Å². The van der Waals surface area contributed by atoms with Gasteiger partial charge >= 0.3 is 0 Å². The first kappa shape index (κ1) is 16.3. The Hall–Kier alpha value is -3.56. The number of rotatable bonds is 4. The highest BCUT2D eigenvalue weighted by molar-refractivity contribution is 5.55. The molecule has 2 N–H and O–H groups in total. The third-order valence-electron chi connectivity index (χ3n) is 3.43. The number of carbonyl (C=O) groups is 1. The lowest BCUT2D eigenvalue weighted by Gasteiger charge is -2.04. The van der Waals surface area contributed by atoms with E-state index in [0.29, 0.717) is 6.54 Å². The van der Waals surface area contributed by atoms with Crippen LogP contribution in [0.3, 0.4) is 0 Å². The Balaban J connectivity index is 0.000000569. The summed E-state index contributed by atoms with van der Waals surface area (Å²) in [4.78, 5) is 24.4. The van der Waals surface area contributed by atoms with E-state index in [2.05, 4.69) is 30.1 Å². The molecule has 0 unspecified atom stereocenters. The van der Waals surface area contributed by atoms with Gasteiger partial charge in [0.05, 0.1) is 12.5 Å². The summed E-state index contributed by atoms with van der Waals surface area (Å²) in [5.74, 6) is 1.49. The summed E-state index contributed by atoms with van der Waals surface area (Å²) >= 11 is 0. The number of imidazole rings is 2. The minimum absolute atomic E-state index is 0.250. The molecule has 0 spiro atoms. The largest absolute Gasteiger partial charge is 0.483 e. The van der Waals surface area contributed by atoms with Crippen molar-refractivity contribution >= 4 is 12.1 Å². The molecule has 10 heteroatoms. The smallest absolute Gasteiger partial charge is 0.290 e. The van der Waals surface area contributed by atoms with Crippen molar-refractivity contribution in [2.24, 2.45) is 0 Å². The van der Waals surface area contributed by atoms with Crippen molar-refractivity contribution in [1.29, 1.82) is 0 Å². The lowest BCUT2D eigenvalue weighted by molar-refractivity contribution is -0.122. The average molecular weight is 340 g/mol. The molecule has 0 aliphatic rings. The van der Waals surface area contributed by atoms with Gasteiger partial charge in [0, 0.05) is 31.1 Å². The molecule has 25 heavy (non-hydrogen) atoms. The number of aromatic nitrogens is 8. The van der Waals surface area contributed by atoms with Gasteiger partial charge in [-0.3, -0.25) is 4.79 Å². The number of carboxylic acid groups (broad SMARTS) is 1. The van der Waals surface area contributed by atoms with Crippen molar-refractivity contribution in [3.8, 4) is 11.5 Å². The normalized spacial score (nSPS) is 10.4. The van der Waals surface area contributed by atoms with Crippen LogP contribution in [0.25, 0.3) is 17.2 Å². The minimum atomic E-state index is -0.250. The summed E-state index contributed by atoms with van der Waals surface area (Å²) in [5.41, 5.74) is 2.69. The monoisotopic (exact) mass is 340 g/mol. The molecule has 0 saturated carbocycles. The zero-order valence-electron chi connectivity index (χ0n) is 13.4. The molecule has 0 radical (unpaired) electrons. The van der Waals surface area contributed by atoms with Crippen LogP contribution in [0.4, 0.5) is 0 Å². The number of nitrogens with one attached hydrogen (secondary N) is 1. The third-order valence-corrected chi connectivity index (χ3v) is 3.43. The summed E-state index contributed by atoms with van der Waals surface area (Å²) in [6.45, 7) is 2.34. The summed E-state index contributed by atoms with van der Waals surface area (Å²) in [6.07, 6.45) is 7.81. The van der Waals surface area contributed by atoms with E-state index in [1.54, 1.807) is 23.2 Å². The minimum Gasteiger partial charge on any atom is -0.483 e. The molecule has 128 valence electrons. The van der Waals surface area contributed by atoms with Crippen LogP contribution in [0.1, 0.15) is 11.5 Å². The second-order valence-electron chi connectivity index (χ2n) is 5.08. The molecular formula is C15H16N8O2. The second-order valence-corrected chi connectivity index (χ2v) is 5.08. The van der Waals surface area contributed by atoms with Gasteiger partial charge in [0.25, 0.3) is 6.47 Å². The van der Waals surface area contributed by atoms with E-state index >= 15 is 0 Å². The van der Waals surface area contributed by atoms with E-state index in [9.17, 15) is 0 Å². The SMILES string of the molecule is Cc1nc(-c2cnc3cccnn23)n(CCc2cnc[nH]2)n1.O=CO. The van der Waals surface area contributed by atoms with Gasteiger partial charge in [0.15, 0.2) is 11.5 Å². The molecular weight excluding hydrogens is 324 g/mol. The van der Waals surface area contributed by atoms with Gasteiger partial charge in [-0.15, -0.1) is 0 Å². The van der Waals surface area contributed by atoms with Gasteiger partial charge in [-0.1, -0.05) is 0 Å². The van der Waals surface area contributed by atoms with Crippen molar-refractivity contribution in [2.45, 2.75) is 19.9 Å². The molecule has 0 aromatic carbocycles. The number of hydrogen-bond donors (Lipinski definition) is 2. The maximum absolute atomic E-state index is 8.36. The molecule has 0 aliphatic heterocycles. The molecule has 0 fully saturated rings. The van der Waals surface area contributed by atoms with E-state index < -0.39 is 0 Å². The summed E-state index contributed by atoms with van der Waals surface area (Å²) in [7, 11) is 0. The first-order valence-electron chi connectivity index (χ1n) is 7.48. The molecule has 4 rings (SSSR count). The lowest BCUT2D eigenvalue weighted by atomic mass is 10.3. The standard InChI is InChI=1S/C14H14N8.CH2O2/c1-10-19-14(12-8-16-13-3-2-5-18-22(12)13)21(20-10)6-4-11-7-15-9-17-11;2-1-3/h2-3,5,7-9H,4,6H2,1H3,(H,15,17);1H,(H,2,3). The van der Waals surface area contributed by atoms with Gasteiger partial charge in [-0.2, -0.15) is 10.2 Å². The Labute approximate surface area is 142 Å². The molecule has 0 aliphatic carbocycles. The molecule has 0 bridgehead atoms. The van der Waals surface area contributed by atoms with Crippen LogP contribution >= 0.6 is 0 Å². The molecule has 10 nitrogen and oxygen atoms in total. The van der Waals surface area contributed by atoms with E-state index in [1.807, 2.05) is 29.9 Å². The van der Waals surface area contributed by atoms with Crippen molar-refractivity contribution in [3.63, 3.8) is 0 Å². The Morgan fingerprint density at radius 3 is 2.96 bits per heavy atom. The van der Waals surface area contributed by atoms with Crippen molar-refractivity contribution in [2.75, 3.05) is 0 Å². The van der Waals surface area contributed by atoms with Gasteiger partial charge in [-0.25, -0.2) is 24.1 Å². The fourth-order valence-electron chi connectivity index (χ4n) is 2.43. The van der Waals surface area contributed by atoms with Crippen LogP contribution in [0.15, 0.2) is 37.1 Å². The average Bonchev–Trinajstić information content (AvgIpc) is 3.33. The first-order valence-corrected chi connectivity index (χ1v) is 7.48. The molecule has 4 heterocycles. The van der Waals surface area contributed by atoms with E-state index in [-0.39, 0.29) is 6.47 Å². The first-order chi connectivity index (χ1) is 12.2. The second kappa shape index (κ2) is 7.34. The highest BCUT2D eigenvalue weighted by Gasteiger charge is 2.15. The molecule has 0 atom stereocenters. The summed E-state index contributed by atoms with van der Waals surface area (Å²) in [6, 6.07) is 3.77. The van der Waals surface area contributed by atoms with Crippen molar-refractivity contribution in [1.82, 2.24) is 39.3 Å². The number of fused-ring (bicyclic) bond motifs is 1. The maximum Gasteiger partial charge on any atom is 0.290 e. The number of aromatic amines is 1. The van der Waals surface area contributed by atoms with E-state index in [0.717, 1.165) is 35.1 Å². The number of aryl methyl sites for hydroxylation is 3. The fourth-order valence-corrected chi connectivity index (χ4v) is 2.43.